The molecule has 3 rings (SSSR count). The molecule has 0 radical (unpaired) electrons. The molecule has 0 unspecified atom stereocenters. The first-order valence-corrected chi connectivity index (χ1v) is 10.8. The minimum absolute atomic E-state index is 0.135. The first-order chi connectivity index (χ1) is 13.4. The van der Waals surface area contributed by atoms with Crippen molar-refractivity contribution in [1.82, 2.24) is 0 Å². The largest absolute Gasteiger partial charge is 0.323 e. The van der Waals surface area contributed by atoms with Crippen LogP contribution >= 0.6 is 15.9 Å². The van der Waals surface area contributed by atoms with Gasteiger partial charge < -0.3 is 5.32 Å². The normalized spacial score (nSPS) is 11.1. The lowest BCUT2D eigenvalue weighted by molar-refractivity contribution is -0.114. The molecule has 3 aromatic carbocycles. The summed E-state index contributed by atoms with van der Waals surface area (Å²) >= 11 is 3.37. The summed E-state index contributed by atoms with van der Waals surface area (Å²) in [6.07, 6.45) is 0. The number of para-hydroxylation sites is 2. The van der Waals surface area contributed by atoms with Crippen LogP contribution in [0.25, 0.3) is 0 Å². The highest BCUT2D eigenvalue weighted by Gasteiger charge is 2.27. The van der Waals surface area contributed by atoms with Gasteiger partial charge in [0.25, 0.3) is 10.0 Å². The van der Waals surface area contributed by atoms with Gasteiger partial charge in [-0.3, -0.25) is 9.10 Å². The lowest BCUT2D eigenvalue weighted by Crippen LogP contribution is -2.38. The summed E-state index contributed by atoms with van der Waals surface area (Å²) in [4.78, 5) is 12.8. The number of halogens is 1. The van der Waals surface area contributed by atoms with E-state index in [2.05, 4.69) is 21.2 Å². The number of sulfonamides is 1. The molecular weight excluding hydrogens is 440 g/mol. The van der Waals surface area contributed by atoms with Crippen LogP contribution in [0.15, 0.2) is 88.2 Å². The third-order valence-corrected chi connectivity index (χ3v) is 6.57. The minimum Gasteiger partial charge on any atom is -0.323 e. The molecular formula is C21H19BrN2O3S. The fraction of sp³-hybridized carbons (Fsp3) is 0.0952. The minimum atomic E-state index is -3.91. The molecule has 144 valence electrons. The Bertz CT molecular complexity index is 1070. The molecule has 28 heavy (non-hydrogen) atoms. The Morgan fingerprint density at radius 1 is 0.929 bits per heavy atom. The fourth-order valence-corrected chi connectivity index (χ4v) is 4.43. The molecule has 0 aliphatic rings. The van der Waals surface area contributed by atoms with Gasteiger partial charge in [-0.05, 0) is 59.3 Å². The summed E-state index contributed by atoms with van der Waals surface area (Å²) in [7, 11) is -3.91. The molecule has 0 fully saturated rings. The zero-order chi connectivity index (χ0) is 20.1. The maximum Gasteiger partial charge on any atom is 0.264 e. The Morgan fingerprint density at radius 3 is 2.18 bits per heavy atom. The Labute approximate surface area is 173 Å². The van der Waals surface area contributed by atoms with Crippen molar-refractivity contribution in [3.05, 3.63) is 88.9 Å². The Hall–Kier alpha value is -2.64. The van der Waals surface area contributed by atoms with Gasteiger partial charge >= 0.3 is 0 Å². The summed E-state index contributed by atoms with van der Waals surface area (Å²) in [6.45, 7) is 1.54. The van der Waals surface area contributed by atoms with Crippen LogP contribution in [0.5, 0.6) is 0 Å². The van der Waals surface area contributed by atoms with Gasteiger partial charge in [0, 0.05) is 4.47 Å². The highest BCUT2D eigenvalue weighted by molar-refractivity contribution is 9.10. The Balaban J connectivity index is 1.93. The number of nitrogens with one attached hydrogen (secondary N) is 1. The van der Waals surface area contributed by atoms with Crippen LogP contribution in [-0.2, 0) is 14.8 Å². The van der Waals surface area contributed by atoms with Gasteiger partial charge in [-0.2, -0.15) is 0 Å². The molecule has 0 saturated carbocycles. The van der Waals surface area contributed by atoms with Crippen molar-refractivity contribution in [3.63, 3.8) is 0 Å². The molecule has 0 bridgehead atoms. The van der Waals surface area contributed by atoms with E-state index < -0.39 is 15.9 Å². The summed E-state index contributed by atoms with van der Waals surface area (Å²) in [5.74, 6) is -0.438. The van der Waals surface area contributed by atoms with E-state index in [-0.39, 0.29) is 11.4 Å². The zero-order valence-electron chi connectivity index (χ0n) is 15.2. The number of benzene rings is 3. The van der Waals surface area contributed by atoms with Crippen molar-refractivity contribution in [3.8, 4) is 0 Å². The van der Waals surface area contributed by atoms with Crippen molar-refractivity contribution in [2.24, 2.45) is 0 Å². The van der Waals surface area contributed by atoms with Crippen LogP contribution in [0.4, 0.5) is 11.4 Å². The summed E-state index contributed by atoms with van der Waals surface area (Å²) in [5, 5.41) is 2.75. The van der Waals surface area contributed by atoms with Gasteiger partial charge in [-0.25, -0.2) is 8.42 Å². The van der Waals surface area contributed by atoms with E-state index >= 15 is 0 Å². The molecule has 0 heterocycles. The summed E-state index contributed by atoms with van der Waals surface area (Å²) in [6, 6.07) is 22.3. The van der Waals surface area contributed by atoms with Crippen LogP contribution in [0.3, 0.4) is 0 Å². The molecule has 3 aromatic rings. The predicted molar refractivity (Wildman–Crippen MR) is 115 cm³/mol. The number of carbonyl (C=O) groups is 1. The third kappa shape index (κ3) is 4.61. The molecule has 7 heteroatoms. The number of aryl methyl sites for hydroxylation is 1. The Morgan fingerprint density at radius 2 is 1.54 bits per heavy atom. The van der Waals surface area contributed by atoms with Crippen LogP contribution in [-0.4, -0.2) is 20.9 Å². The first kappa shape index (κ1) is 20.1. The predicted octanol–water partition coefficient (Wildman–Crippen LogP) is 4.59. The van der Waals surface area contributed by atoms with Crippen LogP contribution in [0, 0.1) is 6.92 Å². The molecule has 0 aromatic heterocycles. The molecule has 0 aliphatic carbocycles. The zero-order valence-corrected chi connectivity index (χ0v) is 17.6. The van der Waals surface area contributed by atoms with Crippen LogP contribution in [0.2, 0.25) is 0 Å². The van der Waals surface area contributed by atoms with E-state index in [1.165, 1.54) is 0 Å². The molecule has 0 saturated heterocycles. The number of hydrogen-bond acceptors (Lipinski definition) is 3. The SMILES string of the molecule is Cc1ccc(S(=O)(=O)N(CC(=O)Nc2ccccc2Br)c2ccccc2)cc1. The number of anilines is 2. The first-order valence-electron chi connectivity index (χ1n) is 8.57. The van der Waals surface area contributed by atoms with E-state index in [1.807, 2.05) is 13.0 Å². The van der Waals surface area contributed by atoms with Gasteiger partial charge in [0.2, 0.25) is 5.91 Å². The molecule has 1 amide bonds. The summed E-state index contributed by atoms with van der Waals surface area (Å²) < 4.78 is 28.3. The van der Waals surface area contributed by atoms with Crippen molar-refractivity contribution >= 4 is 43.2 Å². The van der Waals surface area contributed by atoms with Crippen molar-refractivity contribution in [2.45, 2.75) is 11.8 Å². The highest BCUT2D eigenvalue weighted by atomic mass is 79.9. The van der Waals surface area contributed by atoms with Crippen molar-refractivity contribution in [1.29, 1.82) is 0 Å². The molecule has 0 spiro atoms. The molecule has 0 atom stereocenters. The smallest absolute Gasteiger partial charge is 0.264 e. The van der Waals surface area contributed by atoms with E-state index in [0.717, 1.165) is 14.3 Å². The number of nitrogens with zero attached hydrogens (tertiary/aromatic N) is 1. The maximum absolute atomic E-state index is 13.2. The van der Waals surface area contributed by atoms with Crippen LogP contribution in [0.1, 0.15) is 5.56 Å². The van der Waals surface area contributed by atoms with Crippen molar-refractivity contribution < 1.29 is 13.2 Å². The lowest BCUT2D eigenvalue weighted by Gasteiger charge is -2.24. The quantitative estimate of drug-likeness (QED) is 0.587. The van der Waals surface area contributed by atoms with Gasteiger partial charge in [-0.1, -0.05) is 48.0 Å². The average molecular weight is 459 g/mol. The highest BCUT2D eigenvalue weighted by Crippen LogP contribution is 2.25. The number of rotatable bonds is 6. The van der Waals surface area contributed by atoms with Gasteiger partial charge in [0.05, 0.1) is 16.3 Å². The second kappa shape index (κ2) is 8.58. The number of carbonyl (C=O) groups excluding carboxylic acids is 1. The van der Waals surface area contributed by atoms with Crippen molar-refractivity contribution in [2.75, 3.05) is 16.2 Å². The molecule has 0 aliphatic heterocycles. The second-order valence-electron chi connectivity index (χ2n) is 6.19. The number of amides is 1. The fourth-order valence-electron chi connectivity index (χ4n) is 2.63. The third-order valence-electron chi connectivity index (χ3n) is 4.09. The number of hydrogen-bond donors (Lipinski definition) is 1. The summed E-state index contributed by atoms with van der Waals surface area (Å²) in [5.41, 5.74) is 1.95. The standard InChI is InChI=1S/C21H19BrN2O3S/c1-16-11-13-18(14-12-16)28(26,27)24(17-7-3-2-4-8-17)15-21(25)23-20-10-6-5-9-19(20)22/h2-14H,15H2,1H3,(H,23,25). The molecule has 1 N–H and O–H groups in total. The lowest BCUT2D eigenvalue weighted by atomic mass is 10.2. The van der Waals surface area contributed by atoms with E-state index in [1.54, 1.807) is 72.8 Å². The van der Waals surface area contributed by atoms with E-state index in [4.69, 9.17) is 0 Å². The average Bonchev–Trinajstić information content (AvgIpc) is 2.69. The van der Waals surface area contributed by atoms with Gasteiger partial charge in [0.1, 0.15) is 6.54 Å². The maximum atomic E-state index is 13.2. The van der Waals surface area contributed by atoms with Crippen LogP contribution < -0.4 is 9.62 Å². The monoisotopic (exact) mass is 458 g/mol. The van der Waals surface area contributed by atoms with E-state index in [9.17, 15) is 13.2 Å². The van der Waals surface area contributed by atoms with Gasteiger partial charge in [-0.15, -0.1) is 0 Å². The van der Waals surface area contributed by atoms with E-state index in [0.29, 0.717) is 11.4 Å². The molecule has 5 nitrogen and oxygen atoms in total. The second-order valence-corrected chi connectivity index (χ2v) is 8.90. The van der Waals surface area contributed by atoms with Gasteiger partial charge in [0.15, 0.2) is 0 Å². The Kier molecular flexibility index (Phi) is 6.16. The topological polar surface area (TPSA) is 66.5 Å².